The largest absolute Gasteiger partial charge is 0.495 e. The molecule has 0 saturated carbocycles. The molecule has 0 heterocycles. The SMILES string of the molecule is COc1ccc(NC(=O)c2cc(OC)c(OC)cc2I)cc1NC(C)=O. The normalized spacial score (nSPS) is 10.0. The summed E-state index contributed by atoms with van der Waals surface area (Å²) < 4.78 is 16.4. The molecule has 0 saturated heterocycles. The van der Waals surface area contributed by atoms with Gasteiger partial charge in [-0.1, -0.05) is 0 Å². The van der Waals surface area contributed by atoms with E-state index in [4.69, 9.17) is 14.2 Å². The van der Waals surface area contributed by atoms with Crippen molar-refractivity contribution < 1.29 is 23.8 Å². The predicted octanol–water partition coefficient (Wildman–Crippen LogP) is 3.53. The Hall–Kier alpha value is -2.49. The molecule has 0 bridgehead atoms. The van der Waals surface area contributed by atoms with E-state index in [1.807, 2.05) is 0 Å². The van der Waals surface area contributed by atoms with Crippen LogP contribution in [0.5, 0.6) is 17.2 Å². The fourth-order valence-electron chi connectivity index (χ4n) is 2.30. The molecule has 2 N–H and O–H groups in total. The molecule has 0 aliphatic carbocycles. The summed E-state index contributed by atoms with van der Waals surface area (Å²) in [6.07, 6.45) is 0. The molecule has 138 valence electrons. The third kappa shape index (κ3) is 4.57. The fraction of sp³-hybridized carbons (Fsp3) is 0.222. The Kier molecular flexibility index (Phi) is 6.67. The zero-order valence-corrected chi connectivity index (χ0v) is 17.0. The van der Waals surface area contributed by atoms with Crippen LogP contribution in [0.3, 0.4) is 0 Å². The summed E-state index contributed by atoms with van der Waals surface area (Å²) >= 11 is 2.06. The highest BCUT2D eigenvalue weighted by molar-refractivity contribution is 14.1. The summed E-state index contributed by atoms with van der Waals surface area (Å²) in [6, 6.07) is 8.33. The van der Waals surface area contributed by atoms with Crippen LogP contribution in [0, 0.1) is 3.57 Å². The van der Waals surface area contributed by atoms with E-state index >= 15 is 0 Å². The van der Waals surface area contributed by atoms with Gasteiger partial charge in [-0.3, -0.25) is 9.59 Å². The summed E-state index contributed by atoms with van der Waals surface area (Å²) in [5.74, 6) is 0.965. The monoisotopic (exact) mass is 470 g/mol. The van der Waals surface area contributed by atoms with Crippen molar-refractivity contribution in [1.82, 2.24) is 0 Å². The zero-order chi connectivity index (χ0) is 19.3. The van der Waals surface area contributed by atoms with E-state index < -0.39 is 0 Å². The summed E-state index contributed by atoms with van der Waals surface area (Å²) in [6.45, 7) is 1.40. The van der Waals surface area contributed by atoms with Crippen molar-refractivity contribution in [3.05, 3.63) is 39.5 Å². The number of hydrogen-bond acceptors (Lipinski definition) is 5. The first kappa shape index (κ1) is 19.8. The molecule has 2 rings (SSSR count). The number of amides is 2. The standard InChI is InChI=1S/C18H19IN2O5/c1-10(22)20-14-7-11(5-6-15(14)24-2)21-18(23)12-8-16(25-3)17(26-4)9-13(12)19/h5-9H,1-4H3,(H,20,22)(H,21,23). The van der Waals surface area contributed by atoms with E-state index in [0.717, 1.165) is 0 Å². The number of rotatable bonds is 6. The second-order valence-corrected chi connectivity index (χ2v) is 6.40. The Labute approximate surface area is 165 Å². The van der Waals surface area contributed by atoms with Crippen molar-refractivity contribution >= 4 is 45.8 Å². The molecule has 0 radical (unpaired) electrons. The number of hydrogen-bond donors (Lipinski definition) is 2. The second kappa shape index (κ2) is 8.75. The van der Waals surface area contributed by atoms with Crippen molar-refractivity contribution in [2.24, 2.45) is 0 Å². The lowest BCUT2D eigenvalue weighted by atomic mass is 10.1. The first-order valence-corrected chi connectivity index (χ1v) is 8.66. The van der Waals surface area contributed by atoms with Gasteiger partial charge in [-0.25, -0.2) is 0 Å². The number of carbonyl (C=O) groups is 2. The maximum absolute atomic E-state index is 12.7. The Morgan fingerprint density at radius 2 is 1.50 bits per heavy atom. The van der Waals surface area contributed by atoms with Crippen LogP contribution in [-0.2, 0) is 4.79 Å². The zero-order valence-electron chi connectivity index (χ0n) is 14.8. The van der Waals surface area contributed by atoms with Crippen LogP contribution in [-0.4, -0.2) is 33.1 Å². The van der Waals surface area contributed by atoms with Gasteiger partial charge in [-0.05, 0) is 52.9 Å². The molecular weight excluding hydrogens is 451 g/mol. The number of halogens is 1. The molecule has 2 aromatic carbocycles. The molecule has 0 aliphatic rings. The van der Waals surface area contributed by atoms with Crippen molar-refractivity contribution in [2.45, 2.75) is 6.92 Å². The Balaban J connectivity index is 2.31. The van der Waals surface area contributed by atoms with E-state index in [1.165, 1.54) is 28.3 Å². The van der Waals surface area contributed by atoms with Crippen molar-refractivity contribution in [2.75, 3.05) is 32.0 Å². The van der Waals surface area contributed by atoms with E-state index in [0.29, 0.717) is 37.8 Å². The summed E-state index contributed by atoms with van der Waals surface area (Å²) in [7, 11) is 4.55. The van der Waals surface area contributed by atoms with Gasteiger partial charge >= 0.3 is 0 Å². The smallest absolute Gasteiger partial charge is 0.256 e. The first-order chi connectivity index (χ1) is 12.4. The van der Waals surface area contributed by atoms with Gasteiger partial charge in [-0.15, -0.1) is 0 Å². The number of benzene rings is 2. The maximum atomic E-state index is 12.7. The van der Waals surface area contributed by atoms with Gasteiger partial charge in [0, 0.05) is 16.2 Å². The minimum atomic E-state index is -0.311. The number of methoxy groups -OCH3 is 3. The van der Waals surface area contributed by atoms with Gasteiger partial charge in [0.15, 0.2) is 11.5 Å². The molecule has 8 heteroatoms. The Morgan fingerprint density at radius 1 is 0.885 bits per heavy atom. The Bertz CT molecular complexity index is 839. The molecule has 26 heavy (non-hydrogen) atoms. The third-order valence-corrected chi connectivity index (χ3v) is 4.38. The molecule has 7 nitrogen and oxygen atoms in total. The van der Waals surface area contributed by atoms with Crippen molar-refractivity contribution in [3.8, 4) is 17.2 Å². The van der Waals surface area contributed by atoms with Crippen LogP contribution < -0.4 is 24.8 Å². The predicted molar refractivity (Wildman–Crippen MR) is 108 cm³/mol. The van der Waals surface area contributed by atoms with Crippen LogP contribution in [0.1, 0.15) is 17.3 Å². The van der Waals surface area contributed by atoms with E-state index in [-0.39, 0.29) is 11.8 Å². The van der Waals surface area contributed by atoms with Gasteiger partial charge in [0.05, 0.1) is 32.6 Å². The summed E-state index contributed by atoms with van der Waals surface area (Å²) in [5, 5.41) is 5.48. The van der Waals surface area contributed by atoms with Crippen molar-refractivity contribution in [1.29, 1.82) is 0 Å². The molecular formula is C18H19IN2O5. The Morgan fingerprint density at radius 3 is 2.08 bits per heavy atom. The number of anilines is 2. The van der Waals surface area contributed by atoms with E-state index in [1.54, 1.807) is 30.3 Å². The van der Waals surface area contributed by atoms with E-state index in [9.17, 15) is 9.59 Å². The fourth-order valence-corrected chi connectivity index (χ4v) is 2.98. The minimum Gasteiger partial charge on any atom is -0.495 e. The molecule has 0 aliphatic heterocycles. The summed E-state index contributed by atoms with van der Waals surface area (Å²) in [4.78, 5) is 24.0. The molecule has 0 aromatic heterocycles. The van der Waals surface area contributed by atoms with Crippen LogP contribution >= 0.6 is 22.6 Å². The second-order valence-electron chi connectivity index (χ2n) is 5.24. The van der Waals surface area contributed by atoms with Crippen LogP contribution in [0.25, 0.3) is 0 Å². The molecule has 2 amide bonds. The molecule has 0 fully saturated rings. The van der Waals surface area contributed by atoms with Gasteiger partial charge < -0.3 is 24.8 Å². The third-order valence-electron chi connectivity index (χ3n) is 3.49. The molecule has 2 aromatic rings. The van der Waals surface area contributed by atoms with Crippen LogP contribution in [0.2, 0.25) is 0 Å². The van der Waals surface area contributed by atoms with Crippen LogP contribution in [0.15, 0.2) is 30.3 Å². The topological polar surface area (TPSA) is 85.9 Å². The van der Waals surface area contributed by atoms with Crippen molar-refractivity contribution in [3.63, 3.8) is 0 Å². The minimum absolute atomic E-state index is 0.235. The lowest BCUT2D eigenvalue weighted by molar-refractivity contribution is -0.114. The van der Waals surface area contributed by atoms with E-state index in [2.05, 4.69) is 33.2 Å². The highest BCUT2D eigenvalue weighted by Crippen LogP contribution is 2.32. The molecule has 0 spiro atoms. The quantitative estimate of drug-likeness (QED) is 0.632. The molecule has 0 unspecified atom stereocenters. The summed E-state index contributed by atoms with van der Waals surface area (Å²) in [5.41, 5.74) is 1.44. The van der Waals surface area contributed by atoms with Crippen LogP contribution in [0.4, 0.5) is 11.4 Å². The highest BCUT2D eigenvalue weighted by atomic mass is 127. The first-order valence-electron chi connectivity index (χ1n) is 7.58. The molecule has 0 atom stereocenters. The lowest BCUT2D eigenvalue weighted by Crippen LogP contribution is -2.14. The lowest BCUT2D eigenvalue weighted by Gasteiger charge is -2.14. The number of carbonyl (C=O) groups excluding carboxylic acids is 2. The average molecular weight is 470 g/mol. The van der Waals surface area contributed by atoms with Gasteiger partial charge in [-0.2, -0.15) is 0 Å². The van der Waals surface area contributed by atoms with Gasteiger partial charge in [0.2, 0.25) is 5.91 Å². The van der Waals surface area contributed by atoms with Gasteiger partial charge in [0.1, 0.15) is 5.75 Å². The maximum Gasteiger partial charge on any atom is 0.256 e. The highest BCUT2D eigenvalue weighted by Gasteiger charge is 2.16. The number of ether oxygens (including phenoxy) is 3. The average Bonchev–Trinajstić information content (AvgIpc) is 2.61. The number of nitrogens with one attached hydrogen (secondary N) is 2. The van der Waals surface area contributed by atoms with Gasteiger partial charge in [0.25, 0.3) is 5.91 Å².